The van der Waals surface area contributed by atoms with E-state index >= 15 is 0 Å². The summed E-state index contributed by atoms with van der Waals surface area (Å²) < 4.78 is 10.2. The van der Waals surface area contributed by atoms with Crippen LogP contribution < -0.4 is 5.73 Å². The lowest BCUT2D eigenvalue weighted by Crippen LogP contribution is -2.40. The molecule has 0 aromatic rings. The Bertz CT molecular complexity index is 583. The number of carboxylic acid groups (broad SMARTS) is 1. The topological polar surface area (TPSA) is 133 Å². The van der Waals surface area contributed by atoms with Gasteiger partial charge in [0.2, 0.25) is 5.91 Å². The molecule has 3 N–H and O–H groups in total. The molecule has 8 heteroatoms. The molecule has 0 saturated carbocycles. The number of carboxylic acids is 1. The summed E-state index contributed by atoms with van der Waals surface area (Å²) in [5.74, 6) is -4.95. The number of rotatable bonds is 6. The standard InChI is InChI=1S/C17H23NO7/c1-3-24-15(22)17(16(23)25-4-2)7-9-5-11(13(18)19)12(14(20)21)6-10(9)8-17/h11-12H,3-8H2,1-2H3,(H2,18,19)(H,20,21). The van der Waals surface area contributed by atoms with Crippen molar-refractivity contribution in [2.45, 2.75) is 39.5 Å². The average molecular weight is 353 g/mol. The molecule has 0 saturated heterocycles. The van der Waals surface area contributed by atoms with E-state index < -0.39 is 41.1 Å². The maximum absolute atomic E-state index is 12.5. The molecule has 0 fully saturated rings. The molecule has 2 atom stereocenters. The fourth-order valence-electron chi connectivity index (χ4n) is 3.76. The van der Waals surface area contributed by atoms with Gasteiger partial charge < -0.3 is 20.3 Å². The third kappa shape index (κ3) is 3.38. The molecule has 2 aliphatic carbocycles. The molecule has 0 heterocycles. The van der Waals surface area contributed by atoms with Crippen molar-refractivity contribution in [3.8, 4) is 0 Å². The van der Waals surface area contributed by atoms with Gasteiger partial charge in [-0.25, -0.2) is 0 Å². The summed E-state index contributed by atoms with van der Waals surface area (Å²) in [4.78, 5) is 48.1. The van der Waals surface area contributed by atoms with Crippen molar-refractivity contribution in [1.29, 1.82) is 0 Å². The zero-order valence-corrected chi connectivity index (χ0v) is 14.4. The quantitative estimate of drug-likeness (QED) is 0.409. The van der Waals surface area contributed by atoms with E-state index in [1.54, 1.807) is 13.8 Å². The number of hydrogen-bond acceptors (Lipinski definition) is 6. The minimum absolute atomic E-state index is 0.0647. The average Bonchev–Trinajstić information content (AvgIpc) is 2.93. The number of ether oxygens (including phenoxy) is 2. The molecule has 0 radical (unpaired) electrons. The van der Waals surface area contributed by atoms with Gasteiger partial charge >= 0.3 is 17.9 Å². The van der Waals surface area contributed by atoms with Crippen molar-refractivity contribution in [2.24, 2.45) is 23.0 Å². The Morgan fingerprint density at radius 1 is 1.00 bits per heavy atom. The first-order valence-corrected chi connectivity index (χ1v) is 8.33. The second kappa shape index (κ2) is 7.25. The fourth-order valence-corrected chi connectivity index (χ4v) is 3.76. The van der Waals surface area contributed by atoms with E-state index in [0.717, 1.165) is 5.57 Å². The van der Waals surface area contributed by atoms with Gasteiger partial charge in [-0.1, -0.05) is 11.1 Å². The molecule has 0 aromatic heterocycles. The first-order valence-electron chi connectivity index (χ1n) is 8.33. The van der Waals surface area contributed by atoms with Gasteiger partial charge in [0, 0.05) is 0 Å². The monoisotopic (exact) mass is 353 g/mol. The first-order chi connectivity index (χ1) is 11.8. The molecule has 8 nitrogen and oxygen atoms in total. The van der Waals surface area contributed by atoms with Crippen LogP contribution in [-0.2, 0) is 28.7 Å². The molecular formula is C17H23NO7. The summed E-state index contributed by atoms with van der Waals surface area (Å²) in [6.45, 7) is 3.52. The van der Waals surface area contributed by atoms with Crippen molar-refractivity contribution in [3.63, 3.8) is 0 Å². The molecule has 25 heavy (non-hydrogen) atoms. The maximum Gasteiger partial charge on any atom is 0.324 e. The van der Waals surface area contributed by atoms with Crippen LogP contribution in [-0.4, -0.2) is 42.1 Å². The van der Waals surface area contributed by atoms with Gasteiger partial charge in [-0.15, -0.1) is 0 Å². The minimum Gasteiger partial charge on any atom is -0.481 e. The molecule has 2 rings (SSSR count). The Balaban J connectivity index is 2.34. The van der Waals surface area contributed by atoms with E-state index in [4.69, 9.17) is 15.2 Å². The van der Waals surface area contributed by atoms with Crippen LogP contribution in [0, 0.1) is 17.3 Å². The molecule has 2 aliphatic rings. The van der Waals surface area contributed by atoms with E-state index in [1.165, 1.54) is 0 Å². The Morgan fingerprint density at radius 2 is 1.44 bits per heavy atom. The number of carbonyl (C=O) groups excluding carboxylic acids is 3. The highest BCUT2D eigenvalue weighted by Gasteiger charge is 2.56. The van der Waals surface area contributed by atoms with Crippen LogP contribution in [0.25, 0.3) is 0 Å². The van der Waals surface area contributed by atoms with Crippen molar-refractivity contribution in [3.05, 3.63) is 11.1 Å². The molecule has 138 valence electrons. The van der Waals surface area contributed by atoms with E-state index in [0.29, 0.717) is 5.57 Å². The van der Waals surface area contributed by atoms with Gasteiger partial charge in [0.25, 0.3) is 0 Å². The van der Waals surface area contributed by atoms with Crippen LogP contribution in [0.1, 0.15) is 39.5 Å². The molecule has 0 spiro atoms. The Hall–Kier alpha value is -2.38. The van der Waals surface area contributed by atoms with Crippen LogP contribution in [0.15, 0.2) is 11.1 Å². The predicted octanol–water partition coefficient (Wildman–Crippen LogP) is 0.786. The number of aliphatic carboxylic acids is 1. The number of hydrogen-bond donors (Lipinski definition) is 2. The van der Waals surface area contributed by atoms with Crippen molar-refractivity contribution in [2.75, 3.05) is 13.2 Å². The van der Waals surface area contributed by atoms with Crippen molar-refractivity contribution in [1.82, 2.24) is 0 Å². The normalized spacial score (nSPS) is 24.4. The van der Waals surface area contributed by atoms with Gasteiger partial charge in [-0.05, 0) is 39.5 Å². The van der Waals surface area contributed by atoms with Gasteiger partial charge in [-0.3, -0.25) is 19.2 Å². The molecule has 0 aliphatic heterocycles. The lowest BCUT2D eigenvalue weighted by atomic mass is 9.76. The summed E-state index contributed by atoms with van der Waals surface area (Å²) in [7, 11) is 0. The van der Waals surface area contributed by atoms with Crippen LogP contribution >= 0.6 is 0 Å². The summed E-state index contributed by atoms with van der Waals surface area (Å²) in [6.07, 6.45) is 0.381. The number of esters is 2. The van der Waals surface area contributed by atoms with Gasteiger partial charge in [0.05, 0.1) is 25.0 Å². The van der Waals surface area contributed by atoms with Gasteiger partial charge in [-0.2, -0.15) is 0 Å². The number of carbonyl (C=O) groups is 4. The number of amides is 1. The van der Waals surface area contributed by atoms with E-state index in [9.17, 15) is 24.3 Å². The molecule has 1 amide bonds. The predicted molar refractivity (Wildman–Crippen MR) is 85.0 cm³/mol. The van der Waals surface area contributed by atoms with Crippen LogP contribution in [0.5, 0.6) is 0 Å². The third-order valence-corrected chi connectivity index (χ3v) is 4.96. The molecule has 0 aromatic carbocycles. The number of allylic oxidation sites excluding steroid dienone is 2. The smallest absolute Gasteiger partial charge is 0.324 e. The molecule has 2 unspecified atom stereocenters. The lowest BCUT2D eigenvalue weighted by molar-refractivity contribution is -0.171. The Labute approximate surface area is 145 Å². The minimum atomic E-state index is -1.49. The van der Waals surface area contributed by atoms with E-state index in [-0.39, 0.29) is 38.9 Å². The zero-order chi connectivity index (χ0) is 18.8. The largest absolute Gasteiger partial charge is 0.481 e. The van der Waals surface area contributed by atoms with E-state index in [1.807, 2.05) is 0 Å². The summed E-state index contributed by atoms with van der Waals surface area (Å²) >= 11 is 0. The number of nitrogens with two attached hydrogens (primary N) is 1. The Kier molecular flexibility index (Phi) is 5.49. The van der Waals surface area contributed by atoms with Crippen molar-refractivity contribution < 1.29 is 33.8 Å². The third-order valence-electron chi connectivity index (χ3n) is 4.96. The van der Waals surface area contributed by atoms with E-state index in [2.05, 4.69) is 0 Å². The lowest BCUT2D eigenvalue weighted by Gasteiger charge is -2.27. The maximum atomic E-state index is 12.5. The zero-order valence-electron chi connectivity index (χ0n) is 14.4. The first kappa shape index (κ1) is 19.0. The SMILES string of the molecule is CCOC(=O)C1(C(=O)OCC)CC2=C(CC(C(=O)O)C(C(N)=O)C2)C1. The fraction of sp³-hybridized carbons (Fsp3) is 0.647. The van der Waals surface area contributed by atoms with Gasteiger partial charge in [0.15, 0.2) is 5.41 Å². The second-order valence-electron chi connectivity index (χ2n) is 6.45. The highest BCUT2D eigenvalue weighted by atomic mass is 16.6. The van der Waals surface area contributed by atoms with Crippen LogP contribution in [0.4, 0.5) is 0 Å². The van der Waals surface area contributed by atoms with Crippen LogP contribution in [0.2, 0.25) is 0 Å². The summed E-state index contributed by atoms with van der Waals surface area (Å²) in [5.41, 5.74) is 5.31. The molecule has 0 bridgehead atoms. The summed E-state index contributed by atoms with van der Waals surface area (Å²) in [5, 5.41) is 9.38. The number of primary amides is 1. The van der Waals surface area contributed by atoms with Crippen molar-refractivity contribution >= 4 is 23.8 Å². The highest BCUT2D eigenvalue weighted by Crippen LogP contribution is 2.51. The highest BCUT2D eigenvalue weighted by molar-refractivity contribution is 6.01. The Morgan fingerprint density at radius 3 is 1.80 bits per heavy atom. The summed E-state index contributed by atoms with van der Waals surface area (Å²) in [6, 6.07) is 0. The van der Waals surface area contributed by atoms with Gasteiger partial charge in [0.1, 0.15) is 0 Å². The second-order valence-corrected chi connectivity index (χ2v) is 6.45. The molecular weight excluding hydrogens is 330 g/mol. The van der Waals surface area contributed by atoms with Crippen LogP contribution in [0.3, 0.4) is 0 Å².